The predicted octanol–water partition coefficient (Wildman–Crippen LogP) is 5.04. The molecule has 0 saturated carbocycles. The van der Waals surface area contributed by atoms with Crippen LogP contribution in [0.1, 0.15) is 30.7 Å². The van der Waals surface area contributed by atoms with Gasteiger partial charge in [0.1, 0.15) is 11.6 Å². The number of aromatic nitrogens is 3. The standard InChI is InChI=1S/C21H21ClFN5O/c22-17-13-15(10-11-18(17)23)14-28(21(29)24-16-7-3-1-4-8-16)20-26-25-19-9-5-2-6-12-27(19)20/h1,3-4,7-8,10-11,13H,2,5-6,9,12,14H2,(H,24,29). The summed E-state index contributed by atoms with van der Waals surface area (Å²) in [5.41, 5.74) is 1.38. The van der Waals surface area contributed by atoms with Crippen molar-refractivity contribution in [3.05, 3.63) is 70.8 Å². The lowest BCUT2D eigenvalue weighted by Gasteiger charge is -2.23. The van der Waals surface area contributed by atoms with E-state index in [-0.39, 0.29) is 17.6 Å². The van der Waals surface area contributed by atoms with Gasteiger partial charge in [-0.15, -0.1) is 10.2 Å². The van der Waals surface area contributed by atoms with Crippen LogP contribution in [0, 0.1) is 5.82 Å². The Morgan fingerprint density at radius 2 is 1.97 bits per heavy atom. The zero-order valence-corrected chi connectivity index (χ0v) is 16.6. The number of nitrogens with zero attached hydrogens (tertiary/aromatic N) is 4. The molecule has 8 heteroatoms. The fraction of sp³-hybridized carbons (Fsp3) is 0.286. The van der Waals surface area contributed by atoms with Gasteiger partial charge in [0.25, 0.3) is 0 Å². The minimum atomic E-state index is -0.493. The van der Waals surface area contributed by atoms with E-state index in [0.29, 0.717) is 17.2 Å². The van der Waals surface area contributed by atoms with E-state index in [1.165, 1.54) is 17.0 Å². The molecule has 3 aromatic rings. The number of benzene rings is 2. The first-order valence-electron chi connectivity index (χ1n) is 9.61. The van der Waals surface area contributed by atoms with Crippen LogP contribution in [-0.2, 0) is 19.5 Å². The smallest absolute Gasteiger partial charge is 0.307 e. The van der Waals surface area contributed by atoms with Crippen LogP contribution in [-0.4, -0.2) is 20.8 Å². The van der Waals surface area contributed by atoms with Crippen molar-refractivity contribution in [2.75, 3.05) is 10.2 Å². The van der Waals surface area contributed by atoms with Gasteiger partial charge in [0.05, 0.1) is 11.6 Å². The zero-order chi connectivity index (χ0) is 20.2. The Bertz CT molecular complexity index is 1010. The molecule has 0 saturated heterocycles. The number of para-hydroxylation sites is 1. The summed E-state index contributed by atoms with van der Waals surface area (Å²) in [5.74, 6) is 0.870. The highest BCUT2D eigenvalue weighted by atomic mass is 35.5. The molecule has 1 aliphatic rings. The monoisotopic (exact) mass is 413 g/mol. The average Bonchev–Trinajstić information content (AvgIpc) is 2.97. The van der Waals surface area contributed by atoms with Gasteiger partial charge in [-0.25, -0.2) is 9.18 Å². The molecule has 0 aliphatic carbocycles. The number of hydrogen-bond acceptors (Lipinski definition) is 3. The van der Waals surface area contributed by atoms with Gasteiger partial charge in [0, 0.05) is 18.7 Å². The summed E-state index contributed by atoms with van der Waals surface area (Å²) in [6, 6.07) is 13.3. The highest BCUT2D eigenvalue weighted by Gasteiger charge is 2.25. The number of rotatable bonds is 4. The molecule has 1 aliphatic heterocycles. The molecule has 6 nitrogen and oxygen atoms in total. The quantitative estimate of drug-likeness (QED) is 0.652. The van der Waals surface area contributed by atoms with E-state index in [9.17, 15) is 9.18 Å². The summed E-state index contributed by atoms with van der Waals surface area (Å²) in [6.45, 7) is 0.952. The van der Waals surface area contributed by atoms with Crippen LogP contribution in [0.15, 0.2) is 48.5 Å². The summed E-state index contributed by atoms with van der Waals surface area (Å²) in [5, 5.41) is 11.5. The summed E-state index contributed by atoms with van der Waals surface area (Å²) >= 11 is 5.94. The molecular formula is C21H21ClFN5O. The van der Waals surface area contributed by atoms with Crippen LogP contribution in [0.2, 0.25) is 5.02 Å². The lowest BCUT2D eigenvalue weighted by molar-refractivity contribution is 0.256. The van der Waals surface area contributed by atoms with Crippen molar-refractivity contribution >= 4 is 29.3 Å². The van der Waals surface area contributed by atoms with Crippen LogP contribution < -0.4 is 10.2 Å². The van der Waals surface area contributed by atoms with Crippen molar-refractivity contribution in [1.29, 1.82) is 0 Å². The van der Waals surface area contributed by atoms with Gasteiger partial charge in [0.15, 0.2) is 0 Å². The molecule has 0 spiro atoms. The van der Waals surface area contributed by atoms with Crippen molar-refractivity contribution in [3.8, 4) is 0 Å². The molecule has 4 rings (SSSR count). The SMILES string of the molecule is O=C(Nc1ccccc1)N(Cc1ccc(F)c(Cl)c1)c1nnc2n1CCCCC2. The third-order valence-electron chi connectivity index (χ3n) is 4.93. The number of amides is 2. The minimum Gasteiger partial charge on any atom is -0.307 e. The normalized spacial score (nSPS) is 13.4. The Morgan fingerprint density at radius 3 is 2.76 bits per heavy atom. The van der Waals surface area contributed by atoms with E-state index < -0.39 is 5.82 Å². The molecule has 0 unspecified atom stereocenters. The number of anilines is 2. The summed E-state index contributed by atoms with van der Waals surface area (Å²) in [7, 11) is 0. The van der Waals surface area contributed by atoms with Gasteiger partial charge in [-0.2, -0.15) is 0 Å². The van der Waals surface area contributed by atoms with E-state index in [1.54, 1.807) is 6.07 Å². The Labute approximate surface area is 173 Å². The third kappa shape index (κ3) is 4.40. The van der Waals surface area contributed by atoms with Crippen LogP contribution in [0.4, 0.5) is 20.8 Å². The largest absolute Gasteiger partial charge is 0.329 e. The average molecular weight is 414 g/mol. The first-order valence-corrected chi connectivity index (χ1v) is 9.99. The van der Waals surface area contributed by atoms with Gasteiger partial charge in [-0.05, 0) is 42.7 Å². The van der Waals surface area contributed by atoms with E-state index >= 15 is 0 Å². The van der Waals surface area contributed by atoms with Crippen molar-refractivity contribution in [2.24, 2.45) is 0 Å². The van der Waals surface area contributed by atoms with Crippen LogP contribution in [0.25, 0.3) is 0 Å². The first-order chi connectivity index (χ1) is 14.1. The minimum absolute atomic E-state index is 0.0194. The summed E-state index contributed by atoms with van der Waals surface area (Å²) in [6.07, 6.45) is 4.02. The molecule has 150 valence electrons. The number of carbonyl (C=O) groups is 1. The molecule has 0 radical (unpaired) electrons. The lowest BCUT2D eigenvalue weighted by Crippen LogP contribution is -2.36. The summed E-state index contributed by atoms with van der Waals surface area (Å²) in [4.78, 5) is 14.7. The predicted molar refractivity (Wildman–Crippen MR) is 111 cm³/mol. The molecule has 0 bridgehead atoms. The van der Waals surface area contributed by atoms with Gasteiger partial charge >= 0.3 is 6.03 Å². The van der Waals surface area contributed by atoms with Crippen molar-refractivity contribution < 1.29 is 9.18 Å². The molecule has 2 aromatic carbocycles. The zero-order valence-electron chi connectivity index (χ0n) is 15.8. The molecule has 0 atom stereocenters. The van der Waals surface area contributed by atoms with Gasteiger partial charge < -0.3 is 5.32 Å². The van der Waals surface area contributed by atoms with Crippen molar-refractivity contribution in [1.82, 2.24) is 14.8 Å². The maximum Gasteiger partial charge on any atom is 0.329 e. The Hall–Kier alpha value is -2.93. The Kier molecular flexibility index (Phi) is 5.76. The van der Waals surface area contributed by atoms with Gasteiger partial charge in [0.2, 0.25) is 5.95 Å². The second-order valence-electron chi connectivity index (χ2n) is 7.01. The number of fused-ring (bicyclic) bond motifs is 1. The first kappa shape index (κ1) is 19.4. The molecule has 29 heavy (non-hydrogen) atoms. The molecule has 1 aromatic heterocycles. The molecular weight excluding hydrogens is 393 g/mol. The van der Waals surface area contributed by atoms with Crippen molar-refractivity contribution in [2.45, 2.75) is 38.8 Å². The Balaban J connectivity index is 1.67. The van der Waals surface area contributed by atoms with E-state index in [2.05, 4.69) is 15.5 Å². The number of carbonyl (C=O) groups excluding carboxylic acids is 1. The van der Waals surface area contributed by atoms with Crippen LogP contribution >= 0.6 is 11.6 Å². The van der Waals surface area contributed by atoms with E-state index in [0.717, 1.165) is 38.1 Å². The molecule has 2 amide bonds. The summed E-state index contributed by atoms with van der Waals surface area (Å²) < 4.78 is 15.6. The number of halogens is 2. The molecule has 2 heterocycles. The van der Waals surface area contributed by atoms with E-state index in [4.69, 9.17) is 11.6 Å². The van der Waals surface area contributed by atoms with Crippen LogP contribution in [0.3, 0.4) is 0 Å². The fourth-order valence-corrected chi connectivity index (χ4v) is 3.64. The molecule has 1 N–H and O–H groups in total. The topological polar surface area (TPSA) is 63.1 Å². The van der Waals surface area contributed by atoms with Crippen molar-refractivity contribution in [3.63, 3.8) is 0 Å². The molecule has 0 fully saturated rings. The maximum atomic E-state index is 13.6. The number of aryl methyl sites for hydroxylation is 1. The lowest BCUT2D eigenvalue weighted by atomic mass is 10.2. The van der Waals surface area contributed by atoms with Crippen LogP contribution in [0.5, 0.6) is 0 Å². The maximum absolute atomic E-state index is 13.6. The third-order valence-corrected chi connectivity index (χ3v) is 5.22. The highest BCUT2D eigenvalue weighted by molar-refractivity contribution is 6.30. The Morgan fingerprint density at radius 1 is 1.14 bits per heavy atom. The highest BCUT2D eigenvalue weighted by Crippen LogP contribution is 2.24. The van der Waals surface area contributed by atoms with Gasteiger partial charge in [-0.1, -0.05) is 42.3 Å². The second kappa shape index (κ2) is 8.61. The van der Waals surface area contributed by atoms with E-state index in [1.807, 2.05) is 34.9 Å². The van der Waals surface area contributed by atoms with Gasteiger partial charge in [-0.3, -0.25) is 9.47 Å². The number of hydrogen-bond donors (Lipinski definition) is 1. The second-order valence-corrected chi connectivity index (χ2v) is 7.42. The number of urea groups is 1. The number of nitrogens with one attached hydrogen (secondary N) is 1. The fourth-order valence-electron chi connectivity index (χ4n) is 3.44.